The maximum Gasteiger partial charge on any atom is 0.0860 e. The molecule has 1 aromatic rings. The Kier molecular flexibility index (Phi) is 5.67. The zero-order chi connectivity index (χ0) is 13.7. The van der Waals surface area contributed by atoms with E-state index in [0.29, 0.717) is 6.10 Å². The quantitative estimate of drug-likeness (QED) is 0.783. The van der Waals surface area contributed by atoms with Crippen LogP contribution in [0.1, 0.15) is 44.0 Å². The zero-order valence-electron chi connectivity index (χ0n) is 11.9. The molecule has 0 radical (unpaired) electrons. The van der Waals surface area contributed by atoms with Gasteiger partial charge in [-0.15, -0.1) is 0 Å². The lowest BCUT2D eigenvalue weighted by Gasteiger charge is -2.12. The number of hydrogen-bond acceptors (Lipinski definition) is 3. The van der Waals surface area contributed by atoms with Gasteiger partial charge in [0.2, 0.25) is 0 Å². The maximum atomic E-state index is 6.25. The smallest absolute Gasteiger partial charge is 0.0860 e. The van der Waals surface area contributed by atoms with Crippen LogP contribution >= 0.6 is 11.6 Å². The molecule has 0 bridgehead atoms. The van der Waals surface area contributed by atoms with Crippen molar-refractivity contribution in [1.29, 1.82) is 0 Å². The molecular formula is C14H24ClN3O. The van der Waals surface area contributed by atoms with Crippen molar-refractivity contribution < 1.29 is 4.74 Å². The Hall–Kier alpha value is -0.580. The van der Waals surface area contributed by atoms with E-state index < -0.39 is 0 Å². The summed E-state index contributed by atoms with van der Waals surface area (Å²) in [6, 6.07) is 0. The molecule has 1 aliphatic rings. The second-order valence-corrected chi connectivity index (χ2v) is 5.49. The first kappa shape index (κ1) is 14.8. The van der Waals surface area contributed by atoms with Gasteiger partial charge < -0.3 is 10.1 Å². The third kappa shape index (κ3) is 3.94. The van der Waals surface area contributed by atoms with Gasteiger partial charge in [0.25, 0.3) is 0 Å². The van der Waals surface area contributed by atoms with Crippen molar-refractivity contribution >= 4 is 11.6 Å². The minimum atomic E-state index is 0.494. The Labute approximate surface area is 120 Å². The first-order chi connectivity index (χ1) is 9.22. The Bertz CT molecular complexity index is 400. The molecule has 0 aliphatic heterocycles. The molecule has 0 atom stereocenters. The molecule has 1 aromatic heterocycles. The number of halogens is 1. The van der Waals surface area contributed by atoms with Gasteiger partial charge in [-0.3, -0.25) is 4.68 Å². The number of ether oxygens (including phenoxy) is 1. The van der Waals surface area contributed by atoms with Gasteiger partial charge in [0.15, 0.2) is 0 Å². The van der Waals surface area contributed by atoms with Crippen LogP contribution in [0.2, 0.25) is 5.02 Å². The molecular weight excluding hydrogens is 262 g/mol. The van der Waals surface area contributed by atoms with Gasteiger partial charge in [0.1, 0.15) is 0 Å². The normalized spacial score (nSPS) is 16.4. The lowest BCUT2D eigenvalue weighted by Crippen LogP contribution is -2.23. The van der Waals surface area contributed by atoms with E-state index >= 15 is 0 Å². The summed E-state index contributed by atoms with van der Waals surface area (Å²) in [4.78, 5) is 0. The monoisotopic (exact) mass is 285 g/mol. The second-order valence-electron chi connectivity index (χ2n) is 5.12. The van der Waals surface area contributed by atoms with Crippen molar-refractivity contribution in [3.63, 3.8) is 0 Å². The van der Waals surface area contributed by atoms with Crippen molar-refractivity contribution in [2.45, 2.75) is 58.7 Å². The van der Waals surface area contributed by atoms with E-state index in [1.54, 1.807) is 0 Å². The van der Waals surface area contributed by atoms with Crippen LogP contribution in [0.3, 0.4) is 0 Å². The lowest BCUT2D eigenvalue weighted by atomic mass is 10.3. The number of nitrogens with zero attached hydrogens (tertiary/aromatic N) is 2. The van der Waals surface area contributed by atoms with Gasteiger partial charge in [0, 0.05) is 19.6 Å². The molecule has 0 spiro atoms. The molecule has 0 aromatic carbocycles. The largest absolute Gasteiger partial charge is 0.377 e. The highest BCUT2D eigenvalue weighted by Gasteiger charge is 2.15. The fraction of sp³-hybridized carbons (Fsp3) is 0.786. The molecule has 19 heavy (non-hydrogen) atoms. The minimum absolute atomic E-state index is 0.494. The predicted octanol–water partition coefficient (Wildman–Crippen LogP) is 2.91. The second kappa shape index (κ2) is 7.27. The zero-order valence-corrected chi connectivity index (χ0v) is 12.7. The summed E-state index contributed by atoms with van der Waals surface area (Å²) in [7, 11) is 0. The van der Waals surface area contributed by atoms with Gasteiger partial charge in [-0.2, -0.15) is 5.10 Å². The van der Waals surface area contributed by atoms with Crippen molar-refractivity contribution in [3.05, 3.63) is 16.4 Å². The van der Waals surface area contributed by atoms with Crippen molar-refractivity contribution in [1.82, 2.24) is 15.1 Å². The number of aromatic nitrogens is 2. The van der Waals surface area contributed by atoms with E-state index in [4.69, 9.17) is 16.3 Å². The molecule has 1 fully saturated rings. The van der Waals surface area contributed by atoms with Crippen LogP contribution in [-0.4, -0.2) is 29.0 Å². The molecule has 108 valence electrons. The van der Waals surface area contributed by atoms with Gasteiger partial charge in [-0.05, 0) is 26.7 Å². The Balaban J connectivity index is 1.70. The average molecular weight is 286 g/mol. The number of nitrogens with one attached hydrogen (secondary N) is 1. The van der Waals surface area contributed by atoms with Crippen molar-refractivity contribution in [3.8, 4) is 0 Å². The van der Waals surface area contributed by atoms with E-state index in [-0.39, 0.29) is 0 Å². The highest BCUT2D eigenvalue weighted by molar-refractivity contribution is 6.31. The van der Waals surface area contributed by atoms with Crippen LogP contribution in [0.4, 0.5) is 0 Å². The summed E-state index contributed by atoms with van der Waals surface area (Å²) < 4.78 is 7.78. The van der Waals surface area contributed by atoms with Crippen molar-refractivity contribution in [2.24, 2.45) is 0 Å². The summed E-state index contributed by atoms with van der Waals surface area (Å²) >= 11 is 6.25. The summed E-state index contributed by atoms with van der Waals surface area (Å²) in [5, 5.41) is 8.57. The summed E-state index contributed by atoms with van der Waals surface area (Å²) in [6.07, 6.45) is 5.60. The van der Waals surface area contributed by atoms with Crippen LogP contribution in [0.25, 0.3) is 0 Å². The van der Waals surface area contributed by atoms with Gasteiger partial charge in [0.05, 0.1) is 29.1 Å². The van der Waals surface area contributed by atoms with Gasteiger partial charge in [-0.25, -0.2) is 0 Å². The third-order valence-corrected chi connectivity index (χ3v) is 4.17. The minimum Gasteiger partial charge on any atom is -0.377 e. The van der Waals surface area contributed by atoms with E-state index in [9.17, 15) is 0 Å². The summed E-state index contributed by atoms with van der Waals surface area (Å²) in [5.74, 6) is 0. The maximum absolute atomic E-state index is 6.25. The summed E-state index contributed by atoms with van der Waals surface area (Å²) in [5.41, 5.74) is 1.98. The first-order valence-electron chi connectivity index (χ1n) is 7.26. The van der Waals surface area contributed by atoms with Crippen LogP contribution in [0, 0.1) is 6.92 Å². The Morgan fingerprint density at radius 3 is 2.84 bits per heavy atom. The molecule has 1 heterocycles. The SMILES string of the molecule is CCn1nc(C)c(Cl)c1CNCCOC1CCCC1. The number of rotatable bonds is 7. The molecule has 1 saturated carbocycles. The van der Waals surface area contributed by atoms with Gasteiger partial charge in [-0.1, -0.05) is 24.4 Å². The highest BCUT2D eigenvalue weighted by Crippen LogP contribution is 2.21. The van der Waals surface area contributed by atoms with E-state index in [1.165, 1.54) is 25.7 Å². The van der Waals surface area contributed by atoms with E-state index in [1.807, 2.05) is 11.6 Å². The van der Waals surface area contributed by atoms with Crippen molar-refractivity contribution in [2.75, 3.05) is 13.2 Å². The molecule has 5 heteroatoms. The topological polar surface area (TPSA) is 39.1 Å². The molecule has 2 rings (SSSR count). The Morgan fingerprint density at radius 2 is 2.16 bits per heavy atom. The van der Waals surface area contributed by atoms with E-state index in [2.05, 4.69) is 17.3 Å². The number of hydrogen-bond donors (Lipinski definition) is 1. The van der Waals surface area contributed by atoms with E-state index in [0.717, 1.165) is 42.7 Å². The lowest BCUT2D eigenvalue weighted by molar-refractivity contribution is 0.0602. The highest BCUT2D eigenvalue weighted by atomic mass is 35.5. The third-order valence-electron chi connectivity index (χ3n) is 3.68. The van der Waals surface area contributed by atoms with Gasteiger partial charge >= 0.3 is 0 Å². The molecule has 4 nitrogen and oxygen atoms in total. The fourth-order valence-corrected chi connectivity index (χ4v) is 2.80. The predicted molar refractivity (Wildman–Crippen MR) is 77.6 cm³/mol. The van der Waals surface area contributed by atoms with Crippen LogP contribution in [0.15, 0.2) is 0 Å². The molecule has 1 N–H and O–H groups in total. The standard InChI is InChI=1S/C14H24ClN3O/c1-3-18-13(14(15)11(2)17-18)10-16-8-9-19-12-6-4-5-7-12/h12,16H,3-10H2,1-2H3. The fourth-order valence-electron chi connectivity index (χ4n) is 2.60. The average Bonchev–Trinajstić information content (AvgIpc) is 3.01. The van der Waals surface area contributed by atoms with Crippen LogP contribution < -0.4 is 5.32 Å². The molecule has 0 unspecified atom stereocenters. The molecule has 1 aliphatic carbocycles. The van der Waals surface area contributed by atoms with Crippen LogP contribution in [0.5, 0.6) is 0 Å². The Morgan fingerprint density at radius 1 is 1.42 bits per heavy atom. The van der Waals surface area contributed by atoms with Crippen LogP contribution in [-0.2, 0) is 17.8 Å². The number of aryl methyl sites for hydroxylation is 2. The first-order valence-corrected chi connectivity index (χ1v) is 7.64. The summed E-state index contributed by atoms with van der Waals surface area (Å²) in [6.45, 7) is 7.27. The molecule has 0 saturated heterocycles. The molecule has 0 amide bonds.